The molecule has 0 aliphatic heterocycles. The lowest BCUT2D eigenvalue weighted by atomic mass is 10.2. The van der Waals surface area contributed by atoms with Crippen LogP contribution < -0.4 is 10.1 Å². The maximum absolute atomic E-state index is 12.5. The molecular formula is C20H19Cl2N3O3. The summed E-state index contributed by atoms with van der Waals surface area (Å²) in [5.41, 5.74) is 1.55. The second-order valence-electron chi connectivity index (χ2n) is 6.14. The average molecular weight is 420 g/mol. The van der Waals surface area contributed by atoms with Crippen molar-refractivity contribution < 1.29 is 14.1 Å². The van der Waals surface area contributed by atoms with Gasteiger partial charge >= 0.3 is 0 Å². The lowest BCUT2D eigenvalue weighted by Crippen LogP contribution is -2.37. The smallest absolute Gasteiger partial charge is 0.261 e. The molecule has 2 aromatic carbocycles. The molecule has 0 saturated heterocycles. The molecule has 3 rings (SSSR count). The molecular weight excluding hydrogens is 401 g/mol. The molecule has 1 amide bonds. The van der Waals surface area contributed by atoms with Crippen molar-refractivity contribution in [1.82, 2.24) is 15.5 Å². The number of hydrogen-bond donors (Lipinski definition) is 1. The quantitative estimate of drug-likeness (QED) is 0.593. The number of nitrogens with zero attached hydrogens (tertiary/aromatic N) is 2. The highest BCUT2D eigenvalue weighted by molar-refractivity contribution is 6.33. The van der Waals surface area contributed by atoms with Crippen LogP contribution in [0.3, 0.4) is 0 Å². The Hall–Kier alpha value is -2.57. The van der Waals surface area contributed by atoms with Gasteiger partial charge in [-0.05, 0) is 49.2 Å². The van der Waals surface area contributed by atoms with Crippen LogP contribution in [0, 0.1) is 6.92 Å². The highest BCUT2D eigenvalue weighted by atomic mass is 35.5. The molecule has 3 aromatic rings. The number of nitrogens with one attached hydrogen (secondary N) is 1. The van der Waals surface area contributed by atoms with Crippen LogP contribution in [0.25, 0.3) is 11.4 Å². The Morgan fingerprint density at radius 3 is 2.71 bits per heavy atom. The van der Waals surface area contributed by atoms with Crippen LogP contribution in [0.15, 0.2) is 47.0 Å². The van der Waals surface area contributed by atoms with Crippen molar-refractivity contribution in [1.29, 1.82) is 0 Å². The Morgan fingerprint density at radius 1 is 1.21 bits per heavy atom. The number of halogens is 2. The third kappa shape index (κ3) is 4.82. The predicted octanol–water partition coefficient (Wildman–Crippen LogP) is 4.83. The Morgan fingerprint density at radius 2 is 2.00 bits per heavy atom. The van der Waals surface area contributed by atoms with Crippen molar-refractivity contribution in [2.75, 3.05) is 0 Å². The Balaban J connectivity index is 1.61. The standard InChI is InChI=1S/C20H19Cl2N3O3/c1-3-17(27-13-8-9-15(21)12(2)10-13)20(26)23-11-18-24-19(25-28-18)14-6-4-5-7-16(14)22/h4-10,17H,3,11H2,1-2H3,(H,23,26). The third-order valence-electron chi connectivity index (χ3n) is 4.07. The van der Waals surface area contributed by atoms with Crippen LogP contribution in [-0.4, -0.2) is 22.2 Å². The van der Waals surface area contributed by atoms with E-state index in [1.54, 1.807) is 30.3 Å². The number of rotatable bonds is 7. The van der Waals surface area contributed by atoms with E-state index >= 15 is 0 Å². The Labute approximate surface area is 172 Å². The van der Waals surface area contributed by atoms with E-state index < -0.39 is 6.10 Å². The lowest BCUT2D eigenvalue weighted by molar-refractivity contribution is -0.128. The van der Waals surface area contributed by atoms with E-state index in [0.29, 0.717) is 33.6 Å². The summed E-state index contributed by atoms with van der Waals surface area (Å²) >= 11 is 12.2. The van der Waals surface area contributed by atoms with E-state index in [-0.39, 0.29) is 18.3 Å². The first-order valence-electron chi connectivity index (χ1n) is 8.76. The van der Waals surface area contributed by atoms with Gasteiger partial charge in [-0.15, -0.1) is 0 Å². The van der Waals surface area contributed by atoms with Crippen molar-refractivity contribution in [3.63, 3.8) is 0 Å². The van der Waals surface area contributed by atoms with Crippen LogP contribution in [-0.2, 0) is 11.3 Å². The highest BCUT2D eigenvalue weighted by Crippen LogP contribution is 2.25. The molecule has 1 aromatic heterocycles. The van der Waals surface area contributed by atoms with Gasteiger partial charge in [0.15, 0.2) is 6.10 Å². The van der Waals surface area contributed by atoms with Crippen molar-refractivity contribution in [3.8, 4) is 17.1 Å². The number of aryl methyl sites for hydroxylation is 1. The summed E-state index contributed by atoms with van der Waals surface area (Å²) < 4.78 is 11.0. The van der Waals surface area contributed by atoms with E-state index in [1.165, 1.54) is 0 Å². The van der Waals surface area contributed by atoms with Crippen molar-refractivity contribution in [2.24, 2.45) is 0 Å². The monoisotopic (exact) mass is 419 g/mol. The van der Waals surface area contributed by atoms with Crippen molar-refractivity contribution in [3.05, 3.63) is 64.0 Å². The number of aromatic nitrogens is 2. The molecule has 0 aliphatic carbocycles. The van der Waals surface area contributed by atoms with Gasteiger partial charge in [0.05, 0.1) is 11.6 Å². The first-order valence-corrected chi connectivity index (χ1v) is 9.51. The zero-order valence-corrected chi connectivity index (χ0v) is 16.9. The Kier molecular flexibility index (Phi) is 6.54. The van der Waals surface area contributed by atoms with Crippen molar-refractivity contribution in [2.45, 2.75) is 32.9 Å². The van der Waals surface area contributed by atoms with Crippen LogP contribution in [0.5, 0.6) is 5.75 Å². The number of benzene rings is 2. The first-order chi connectivity index (χ1) is 13.5. The molecule has 0 fully saturated rings. The molecule has 0 radical (unpaired) electrons. The van der Waals surface area contributed by atoms with Crippen LogP contribution >= 0.6 is 23.2 Å². The van der Waals surface area contributed by atoms with E-state index in [0.717, 1.165) is 5.56 Å². The molecule has 0 bridgehead atoms. The summed E-state index contributed by atoms with van der Waals surface area (Å²) in [4.78, 5) is 16.7. The minimum atomic E-state index is -0.647. The number of hydrogen-bond acceptors (Lipinski definition) is 5. The van der Waals surface area contributed by atoms with Crippen molar-refractivity contribution >= 4 is 29.1 Å². The second-order valence-corrected chi connectivity index (χ2v) is 6.95. The fourth-order valence-corrected chi connectivity index (χ4v) is 2.87. The molecule has 8 heteroatoms. The number of carbonyl (C=O) groups is 1. The van der Waals surface area contributed by atoms with Gasteiger partial charge in [0, 0.05) is 10.6 Å². The summed E-state index contributed by atoms with van der Waals surface area (Å²) in [6, 6.07) is 12.5. The summed E-state index contributed by atoms with van der Waals surface area (Å²) in [6.45, 7) is 3.84. The molecule has 0 saturated carbocycles. The first kappa shape index (κ1) is 20.2. The lowest BCUT2D eigenvalue weighted by Gasteiger charge is -2.17. The maximum atomic E-state index is 12.5. The number of carbonyl (C=O) groups excluding carboxylic acids is 1. The molecule has 1 unspecified atom stereocenters. The fraction of sp³-hybridized carbons (Fsp3) is 0.250. The molecule has 146 valence electrons. The minimum absolute atomic E-state index is 0.0930. The molecule has 0 aliphatic rings. The van der Waals surface area contributed by atoms with E-state index in [9.17, 15) is 4.79 Å². The maximum Gasteiger partial charge on any atom is 0.261 e. The summed E-state index contributed by atoms with van der Waals surface area (Å²) in [7, 11) is 0. The van der Waals surface area contributed by atoms with Crippen LogP contribution in [0.1, 0.15) is 24.8 Å². The predicted molar refractivity (Wildman–Crippen MR) is 107 cm³/mol. The highest BCUT2D eigenvalue weighted by Gasteiger charge is 2.20. The summed E-state index contributed by atoms with van der Waals surface area (Å²) in [6.07, 6.45) is -0.145. The third-order valence-corrected chi connectivity index (χ3v) is 4.82. The number of ether oxygens (including phenoxy) is 1. The van der Waals surface area contributed by atoms with E-state index in [2.05, 4.69) is 15.5 Å². The molecule has 1 heterocycles. The van der Waals surface area contributed by atoms with Gasteiger partial charge in [0.2, 0.25) is 11.7 Å². The Bertz CT molecular complexity index is 975. The second kappa shape index (κ2) is 9.08. The topological polar surface area (TPSA) is 77.2 Å². The molecule has 6 nitrogen and oxygen atoms in total. The van der Waals surface area contributed by atoms with Gasteiger partial charge < -0.3 is 14.6 Å². The van der Waals surface area contributed by atoms with Gasteiger partial charge in [-0.25, -0.2) is 0 Å². The van der Waals surface area contributed by atoms with Gasteiger partial charge in [-0.1, -0.05) is 47.4 Å². The molecule has 1 atom stereocenters. The summed E-state index contributed by atoms with van der Waals surface area (Å²) in [5, 5.41) is 7.84. The van der Waals surface area contributed by atoms with Gasteiger partial charge in [-0.2, -0.15) is 4.98 Å². The van der Waals surface area contributed by atoms with Crippen LogP contribution in [0.4, 0.5) is 0 Å². The van der Waals surface area contributed by atoms with E-state index in [1.807, 2.05) is 26.0 Å². The molecule has 28 heavy (non-hydrogen) atoms. The number of amides is 1. The normalized spacial score (nSPS) is 11.9. The SMILES string of the molecule is CCC(Oc1ccc(Cl)c(C)c1)C(=O)NCc1nc(-c2ccccc2Cl)no1. The largest absolute Gasteiger partial charge is 0.481 e. The van der Waals surface area contributed by atoms with Gasteiger partial charge in [-0.3, -0.25) is 4.79 Å². The zero-order valence-electron chi connectivity index (χ0n) is 15.4. The zero-order chi connectivity index (χ0) is 20.1. The average Bonchev–Trinajstić information content (AvgIpc) is 3.16. The molecule has 0 spiro atoms. The summed E-state index contributed by atoms with van der Waals surface area (Å²) in [5.74, 6) is 0.963. The minimum Gasteiger partial charge on any atom is -0.481 e. The van der Waals surface area contributed by atoms with Gasteiger partial charge in [0.1, 0.15) is 5.75 Å². The molecule has 1 N–H and O–H groups in total. The van der Waals surface area contributed by atoms with Gasteiger partial charge in [0.25, 0.3) is 5.91 Å². The van der Waals surface area contributed by atoms with Crippen LogP contribution in [0.2, 0.25) is 10.0 Å². The fourth-order valence-electron chi connectivity index (χ4n) is 2.53. The van der Waals surface area contributed by atoms with E-state index in [4.69, 9.17) is 32.5 Å².